The zero-order valence-corrected chi connectivity index (χ0v) is 10.1. The van der Waals surface area contributed by atoms with Crippen LogP contribution in [0.3, 0.4) is 0 Å². The van der Waals surface area contributed by atoms with Crippen LogP contribution < -0.4 is 5.32 Å². The van der Waals surface area contributed by atoms with E-state index in [0.29, 0.717) is 39.3 Å². The lowest BCUT2D eigenvalue weighted by molar-refractivity contribution is -0.137. The van der Waals surface area contributed by atoms with E-state index in [0.717, 1.165) is 0 Å². The second-order valence-corrected chi connectivity index (χ2v) is 4.13. The van der Waals surface area contributed by atoms with E-state index in [1.165, 1.54) is 0 Å². The molecule has 1 aliphatic heterocycles. The third-order valence-corrected chi connectivity index (χ3v) is 2.82. The Hall–Kier alpha value is -0.650. The molecule has 1 heterocycles. The molecule has 1 amide bonds. The summed E-state index contributed by atoms with van der Waals surface area (Å²) in [6, 6.07) is -0.237. The number of nitrogens with one attached hydrogen (secondary N) is 1. The molecule has 0 radical (unpaired) electrons. The number of nitrogens with zero attached hydrogens (tertiary/aromatic N) is 1. The highest BCUT2D eigenvalue weighted by Crippen LogP contribution is 2.00. The number of aliphatic hydroxyl groups excluding tert-OH is 1. The molecule has 2 unspecified atom stereocenters. The molecule has 0 spiro atoms. The lowest BCUT2D eigenvalue weighted by atomic mass is 10.2. The van der Waals surface area contributed by atoms with Crippen LogP contribution in [0.5, 0.6) is 0 Å². The predicted molar refractivity (Wildman–Crippen MR) is 61.2 cm³/mol. The van der Waals surface area contributed by atoms with Crippen LogP contribution in [0.2, 0.25) is 0 Å². The highest BCUT2D eigenvalue weighted by Gasteiger charge is 2.22. The van der Waals surface area contributed by atoms with Crippen molar-refractivity contribution >= 4 is 5.91 Å². The second kappa shape index (κ2) is 6.83. The van der Waals surface area contributed by atoms with Gasteiger partial charge in [0.1, 0.15) is 0 Å². The van der Waals surface area contributed by atoms with Crippen molar-refractivity contribution < 1.29 is 14.6 Å². The number of morpholine rings is 1. The van der Waals surface area contributed by atoms with Crippen molar-refractivity contribution in [2.24, 2.45) is 0 Å². The zero-order chi connectivity index (χ0) is 12.0. The maximum Gasteiger partial charge on any atom is 0.239 e. The molecule has 1 fully saturated rings. The number of ether oxygens (including phenoxy) is 1. The monoisotopic (exact) mass is 230 g/mol. The fraction of sp³-hybridized carbons (Fsp3) is 0.909. The van der Waals surface area contributed by atoms with Crippen LogP contribution in [-0.4, -0.2) is 60.9 Å². The lowest BCUT2D eigenvalue weighted by Crippen LogP contribution is -2.50. The first kappa shape index (κ1) is 13.4. The Morgan fingerprint density at radius 3 is 2.69 bits per heavy atom. The summed E-state index contributed by atoms with van der Waals surface area (Å²) < 4.78 is 5.19. The number of aliphatic hydroxyl groups is 1. The van der Waals surface area contributed by atoms with Crippen molar-refractivity contribution in [1.29, 1.82) is 0 Å². The molecule has 0 aromatic carbocycles. The summed E-state index contributed by atoms with van der Waals surface area (Å²) >= 11 is 0. The van der Waals surface area contributed by atoms with Gasteiger partial charge >= 0.3 is 0 Å². The van der Waals surface area contributed by atoms with Crippen molar-refractivity contribution in [2.45, 2.75) is 32.4 Å². The maximum atomic E-state index is 11.9. The molecule has 1 rings (SSSR count). The van der Waals surface area contributed by atoms with Gasteiger partial charge in [-0.2, -0.15) is 0 Å². The van der Waals surface area contributed by atoms with E-state index in [1.807, 2.05) is 13.8 Å². The molecule has 0 aromatic rings. The molecular formula is C11H22N2O3. The SMILES string of the molecule is CCC(O)CNC(C)C(=O)N1CCOCC1. The average Bonchev–Trinajstić information content (AvgIpc) is 2.35. The Bertz CT molecular complexity index is 217. The molecule has 5 nitrogen and oxygen atoms in total. The Kier molecular flexibility index (Phi) is 5.73. The Balaban J connectivity index is 2.29. The van der Waals surface area contributed by atoms with Crippen molar-refractivity contribution in [3.05, 3.63) is 0 Å². The summed E-state index contributed by atoms with van der Waals surface area (Å²) in [5.74, 6) is 0.0894. The fourth-order valence-corrected chi connectivity index (χ4v) is 1.60. The minimum Gasteiger partial charge on any atom is -0.392 e. The molecule has 2 N–H and O–H groups in total. The van der Waals surface area contributed by atoms with E-state index < -0.39 is 0 Å². The first-order chi connectivity index (χ1) is 7.65. The summed E-state index contributed by atoms with van der Waals surface area (Å²) in [6.45, 7) is 6.79. The largest absolute Gasteiger partial charge is 0.392 e. The second-order valence-electron chi connectivity index (χ2n) is 4.13. The van der Waals surface area contributed by atoms with Crippen LogP contribution in [0.1, 0.15) is 20.3 Å². The number of hydrogen-bond acceptors (Lipinski definition) is 4. The Labute approximate surface area is 96.8 Å². The number of rotatable bonds is 5. The number of carbonyl (C=O) groups is 1. The van der Waals surface area contributed by atoms with Crippen molar-refractivity contribution in [3.63, 3.8) is 0 Å². The van der Waals surface area contributed by atoms with Gasteiger partial charge in [0.2, 0.25) is 5.91 Å². The quantitative estimate of drug-likeness (QED) is 0.674. The van der Waals surface area contributed by atoms with Gasteiger partial charge in [-0.15, -0.1) is 0 Å². The van der Waals surface area contributed by atoms with Crippen LogP contribution >= 0.6 is 0 Å². The summed E-state index contributed by atoms with van der Waals surface area (Å²) in [5, 5.41) is 12.4. The van der Waals surface area contributed by atoms with Gasteiger partial charge in [-0.05, 0) is 13.3 Å². The van der Waals surface area contributed by atoms with Crippen LogP contribution in [0.25, 0.3) is 0 Å². The van der Waals surface area contributed by atoms with Gasteiger partial charge in [-0.1, -0.05) is 6.92 Å². The Morgan fingerprint density at radius 1 is 1.50 bits per heavy atom. The first-order valence-corrected chi connectivity index (χ1v) is 5.93. The summed E-state index contributed by atoms with van der Waals surface area (Å²) in [5.41, 5.74) is 0. The molecule has 16 heavy (non-hydrogen) atoms. The smallest absolute Gasteiger partial charge is 0.239 e. The molecule has 0 bridgehead atoms. The van der Waals surface area contributed by atoms with E-state index in [1.54, 1.807) is 4.90 Å². The lowest BCUT2D eigenvalue weighted by Gasteiger charge is -2.29. The molecule has 94 valence electrons. The summed E-state index contributed by atoms with van der Waals surface area (Å²) in [7, 11) is 0. The summed E-state index contributed by atoms with van der Waals surface area (Å²) in [4.78, 5) is 13.7. The predicted octanol–water partition coefficient (Wildman–Crippen LogP) is -0.406. The molecule has 1 aliphatic rings. The van der Waals surface area contributed by atoms with Crippen LogP contribution in [0.15, 0.2) is 0 Å². The molecule has 2 atom stereocenters. The standard InChI is InChI=1S/C11H22N2O3/c1-3-10(14)8-12-9(2)11(15)13-4-6-16-7-5-13/h9-10,12,14H,3-8H2,1-2H3. The highest BCUT2D eigenvalue weighted by molar-refractivity contribution is 5.81. The van der Waals surface area contributed by atoms with Gasteiger partial charge < -0.3 is 20.1 Å². The van der Waals surface area contributed by atoms with Gasteiger partial charge in [-0.3, -0.25) is 4.79 Å². The first-order valence-electron chi connectivity index (χ1n) is 5.93. The minimum atomic E-state index is -0.375. The van der Waals surface area contributed by atoms with E-state index in [2.05, 4.69) is 5.32 Å². The average molecular weight is 230 g/mol. The van der Waals surface area contributed by atoms with Gasteiger partial charge in [0.15, 0.2) is 0 Å². The van der Waals surface area contributed by atoms with Gasteiger partial charge in [0.05, 0.1) is 25.4 Å². The molecular weight excluding hydrogens is 208 g/mol. The van der Waals surface area contributed by atoms with Crippen LogP contribution in [0.4, 0.5) is 0 Å². The van der Waals surface area contributed by atoms with Gasteiger partial charge in [-0.25, -0.2) is 0 Å². The van der Waals surface area contributed by atoms with Crippen LogP contribution in [-0.2, 0) is 9.53 Å². The van der Waals surface area contributed by atoms with E-state index in [9.17, 15) is 9.90 Å². The third-order valence-electron chi connectivity index (χ3n) is 2.82. The number of carbonyl (C=O) groups excluding carboxylic acids is 1. The number of hydrogen-bond donors (Lipinski definition) is 2. The zero-order valence-electron chi connectivity index (χ0n) is 10.1. The Morgan fingerprint density at radius 2 is 2.12 bits per heavy atom. The summed E-state index contributed by atoms with van der Waals surface area (Å²) in [6.07, 6.45) is 0.325. The van der Waals surface area contributed by atoms with Crippen molar-refractivity contribution in [3.8, 4) is 0 Å². The normalized spacial score (nSPS) is 20.6. The van der Waals surface area contributed by atoms with E-state index in [-0.39, 0.29) is 18.1 Å². The molecule has 0 aliphatic carbocycles. The number of amides is 1. The van der Waals surface area contributed by atoms with Gasteiger partial charge in [0.25, 0.3) is 0 Å². The molecule has 0 aromatic heterocycles. The topological polar surface area (TPSA) is 61.8 Å². The van der Waals surface area contributed by atoms with Crippen molar-refractivity contribution in [2.75, 3.05) is 32.8 Å². The maximum absolute atomic E-state index is 11.9. The van der Waals surface area contributed by atoms with Crippen molar-refractivity contribution in [1.82, 2.24) is 10.2 Å². The van der Waals surface area contributed by atoms with Gasteiger partial charge in [0, 0.05) is 19.6 Å². The molecule has 1 saturated heterocycles. The van der Waals surface area contributed by atoms with Crippen LogP contribution in [0, 0.1) is 0 Å². The molecule has 0 saturated carbocycles. The fourth-order valence-electron chi connectivity index (χ4n) is 1.60. The molecule has 5 heteroatoms. The minimum absolute atomic E-state index is 0.0894. The highest BCUT2D eigenvalue weighted by atomic mass is 16.5. The van der Waals surface area contributed by atoms with E-state index in [4.69, 9.17) is 4.74 Å². The third kappa shape index (κ3) is 4.08. The van der Waals surface area contributed by atoms with E-state index >= 15 is 0 Å².